The van der Waals surface area contributed by atoms with Crippen molar-refractivity contribution >= 4 is 27.3 Å². The summed E-state index contributed by atoms with van der Waals surface area (Å²) in [6.07, 6.45) is 0. The molecule has 0 fully saturated rings. The number of hydrogen-bond donors (Lipinski definition) is 1. The van der Waals surface area contributed by atoms with Crippen LogP contribution in [-0.2, 0) is 10.0 Å². The summed E-state index contributed by atoms with van der Waals surface area (Å²) in [5.74, 6) is -0.0385. The van der Waals surface area contributed by atoms with Crippen molar-refractivity contribution in [2.75, 3.05) is 17.0 Å². The lowest BCUT2D eigenvalue weighted by Gasteiger charge is -2.13. The second-order valence-corrected chi connectivity index (χ2v) is 5.37. The van der Waals surface area contributed by atoms with Crippen LogP contribution < -0.4 is 14.2 Å². The standard InChI is InChI=1S/C9H10ClF2NO4S/c1-16-6-2-3-8(17-9(11)12)7(4-6)13-18(14,15)5-10/h2-4,9,13H,5H2,1H3. The van der Waals surface area contributed by atoms with Gasteiger partial charge in [-0.3, -0.25) is 4.72 Å². The van der Waals surface area contributed by atoms with Gasteiger partial charge in [0.2, 0.25) is 10.0 Å². The monoisotopic (exact) mass is 301 g/mol. The molecule has 1 aromatic carbocycles. The van der Waals surface area contributed by atoms with Crippen molar-refractivity contribution in [3.8, 4) is 11.5 Å². The zero-order valence-corrected chi connectivity index (χ0v) is 10.8. The second-order valence-electron chi connectivity index (χ2n) is 3.07. The molecule has 0 amide bonds. The van der Waals surface area contributed by atoms with Crippen molar-refractivity contribution in [1.29, 1.82) is 0 Å². The van der Waals surface area contributed by atoms with Crippen LogP contribution in [0.5, 0.6) is 11.5 Å². The summed E-state index contributed by atoms with van der Waals surface area (Å²) in [7, 11) is -2.47. The molecule has 1 N–H and O–H groups in total. The van der Waals surface area contributed by atoms with E-state index in [1.54, 1.807) is 0 Å². The molecule has 1 aromatic rings. The molecule has 0 saturated heterocycles. The van der Waals surface area contributed by atoms with Crippen molar-refractivity contribution in [3.05, 3.63) is 18.2 Å². The zero-order valence-electron chi connectivity index (χ0n) is 9.19. The molecule has 0 radical (unpaired) electrons. The number of rotatable bonds is 6. The number of sulfonamides is 1. The Kier molecular flexibility index (Phi) is 4.97. The van der Waals surface area contributed by atoms with Gasteiger partial charge in [-0.1, -0.05) is 0 Å². The molecule has 0 atom stereocenters. The van der Waals surface area contributed by atoms with E-state index in [-0.39, 0.29) is 17.2 Å². The SMILES string of the molecule is COc1ccc(OC(F)F)c(NS(=O)(=O)CCl)c1. The summed E-state index contributed by atoms with van der Waals surface area (Å²) in [5.41, 5.74) is -0.171. The Labute approximate surface area is 108 Å². The number of nitrogens with one attached hydrogen (secondary N) is 1. The first-order valence-corrected chi connectivity index (χ1v) is 6.76. The predicted octanol–water partition coefficient (Wildman–Crippen LogP) is 2.23. The van der Waals surface area contributed by atoms with E-state index < -0.39 is 21.8 Å². The molecular weight excluding hydrogens is 292 g/mol. The fraction of sp³-hybridized carbons (Fsp3) is 0.333. The van der Waals surface area contributed by atoms with Crippen molar-refractivity contribution in [1.82, 2.24) is 0 Å². The molecule has 0 spiro atoms. The fourth-order valence-electron chi connectivity index (χ4n) is 1.11. The molecule has 18 heavy (non-hydrogen) atoms. The Morgan fingerprint density at radius 2 is 2.11 bits per heavy atom. The van der Waals surface area contributed by atoms with Gasteiger partial charge in [0.25, 0.3) is 0 Å². The van der Waals surface area contributed by atoms with Crippen LogP contribution in [0.2, 0.25) is 0 Å². The Morgan fingerprint density at radius 3 is 2.61 bits per heavy atom. The Morgan fingerprint density at radius 1 is 1.44 bits per heavy atom. The van der Waals surface area contributed by atoms with E-state index in [0.717, 1.165) is 6.07 Å². The van der Waals surface area contributed by atoms with Crippen LogP contribution in [0.3, 0.4) is 0 Å². The summed E-state index contributed by atoms with van der Waals surface area (Å²) in [6, 6.07) is 3.73. The van der Waals surface area contributed by atoms with E-state index in [1.165, 1.54) is 19.2 Å². The fourth-order valence-corrected chi connectivity index (χ4v) is 1.82. The van der Waals surface area contributed by atoms with Crippen molar-refractivity contribution in [3.63, 3.8) is 0 Å². The summed E-state index contributed by atoms with van der Waals surface area (Å²) >= 11 is 5.20. The van der Waals surface area contributed by atoms with Crippen molar-refractivity contribution in [2.24, 2.45) is 0 Å². The lowest BCUT2D eigenvalue weighted by molar-refractivity contribution is -0.0493. The lowest BCUT2D eigenvalue weighted by Crippen LogP contribution is -2.15. The van der Waals surface area contributed by atoms with Crippen molar-refractivity contribution < 1.29 is 26.7 Å². The van der Waals surface area contributed by atoms with Crippen LogP contribution in [-0.4, -0.2) is 27.4 Å². The molecule has 0 aliphatic carbocycles. The topological polar surface area (TPSA) is 64.6 Å². The number of ether oxygens (including phenoxy) is 2. The average Bonchev–Trinajstić information content (AvgIpc) is 2.30. The number of methoxy groups -OCH3 is 1. The van der Waals surface area contributed by atoms with Crippen LogP contribution in [0.4, 0.5) is 14.5 Å². The molecule has 0 unspecified atom stereocenters. The van der Waals surface area contributed by atoms with E-state index in [1.807, 2.05) is 4.72 Å². The molecule has 9 heteroatoms. The molecule has 0 aliphatic rings. The highest BCUT2D eigenvalue weighted by Gasteiger charge is 2.16. The minimum Gasteiger partial charge on any atom is -0.497 e. The van der Waals surface area contributed by atoms with Gasteiger partial charge in [0.1, 0.15) is 16.7 Å². The Hall–Kier alpha value is -1.28. The summed E-state index contributed by atoms with van der Waals surface area (Å²) in [5, 5.41) is -0.710. The van der Waals surface area contributed by atoms with Crippen LogP contribution in [0.25, 0.3) is 0 Å². The lowest BCUT2D eigenvalue weighted by atomic mass is 10.3. The van der Waals surface area contributed by atoms with Crippen LogP contribution in [0.1, 0.15) is 0 Å². The molecule has 0 bridgehead atoms. The van der Waals surface area contributed by atoms with Gasteiger partial charge < -0.3 is 9.47 Å². The minimum absolute atomic E-state index is 0.171. The maximum atomic E-state index is 12.1. The quantitative estimate of drug-likeness (QED) is 0.818. The van der Waals surface area contributed by atoms with Crippen LogP contribution in [0.15, 0.2) is 18.2 Å². The molecule has 5 nitrogen and oxygen atoms in total. The largest absolute Gasteiger partial charge is 0.497 e. The molecule has 0 heterocycles. The van der Waals surface area contributed by atoms with Crippen LogP contribution in [0, 0.1) is 0 Å². The van der Waals surface area contributed by atoms with Gasteiger partial charge in [-0.25, -0.2) is 8.42 Å². The predicted molar refractivity (Wildman–Crippen MR) is 62.9 cm³/mol. The third-order valence-corrected chi connectivity index (χ3v) is 3.49. The van der Waals surface area contributed by atoms with E-state index in [0.29, 0.717) is 0 Å². The van der Waals surface area contributed by atoms with E-state index >= 15 is 0 Å². The number of halogens is 3. The molecule has 102 valence electrons. The van der Waals surface area contributed by atoms with E-state index in [4.69, 9.17) is 16.3 Å². The van der Waals surface area contributed by atoms with Gasteiger partial charge >= 0.3 is 6.61 Å². The Balaban J connectivity index is 3.11. The smallest absolute Gasteiger partial charge is 0.387 e. The van der Waals surface area contributed by atoms with Gasteiger partial charge in [0.15, 0.2) is 0 Å². The second kappa shape index (κ2) is 6.05. The van der Waals surface area contributed by atoms with Gasteiger partial charge in [0, 0.05) is 6.07 Å². The highest BCUT2D eigenvalue weighted by Crippen LogP contribution is 2.31. The summed E-state index contributed by atoms with van der Waals surface area (Å²) in [4.78, 5) is 0. The first kappa shape index (κ1) is 14.8. The van der Waals surface area contributed by atoms with Gasteiger partial charge in [-0.2, -0.15) is 8.78 Å². The number of benzene rings is 1. The van der Waals surface area contributed by atoms with Gasteiger partial charge in [-0.05, 0) is 12.1 Å². The summed E-state index contributed by atoms with van der Waals surface area (Å²) < 4.78 is 57.9. The molecule has 0 saturated carbocycles. The third-order valence-electron chi connectivity index (χ3n) is 1.81. The van der Waals surface area contributed by atoms with Gasteiger partial charge in [0.05, 0.1) is 12.8 Å². The highest BCUT2D eigenvalue weighted by atomic mass is 35.5. The average molecular weight is 302 g/mol. The maximum absolute atomic E-state index is 12.1. The zero-order chi connectivity index (χ0) is 13.8. The number of alkyl halides is 3. The van der Waals surface area contributed by atoms with Crippen molar-refractivity contribution in [2.45, 2.75) is 6.61 Å². The molecule has 0 aliphatic heterocycles. The number of anilines is 1. The first-order chi connectivity index (χ1) is 8.38. The van der Waals surface area contributed by atoms with Crippen LogP contribution >= 0.6 is 11.6 Å². The highest BCUT2D eigenvalue weighted by molar-refractivity contribution is 7.93. The summed E-state index contributed by atoms with van der Waals surface area (Å²) in [6.45, 7) is -3.07. The first-order valence-electron chi connectivity index (χ1n) is 4.57. The molecule has 0 aromatic heterocycles. The minimum atomic E-state index is -3.82. The maximum Gasteiger partial charge on any atom is 0.387 e. The third kappa shape index (κ3) is 4.19. The van der Waals surface area contributed by atoms with E-state index in [9.17, 15) is 17.2 Å². The normalized spacial score (nSPS) is 11.4. The van der Waals surface area contributed by atoms with E-state index in [2.05, 4.69) is 4.74 Å². The molecular formula is C9H10ClF2NO4S. The Bertz CT molecular complexity index is 509. The van der Waals surface area contributed by atoms with Gasteiger partial charge in [-0.15, -0.1) is 11.6 Å². The molecule has 1 rings (SSSR count). The number of hydrogen-bond acceptors (Lipinski definition) is 4.